The Labute approximate surface area is 447 Å². The summed E-state index contributed by atoms with van der Waals surface area (Å²) in [6.07, 6.45) is -0.506. The van der Waals surface area contributed by atoms with Gasteiger partial charge in [-0.05, 0) is 98.1 Å². The minimum absolute atomic E-state index is 0.175. The Morgan fingerprint density at radius 2 is 0.909 bits per heavy atom. The second-order valence-corrected chi connectivity index (χ2v) is 20.9. The number of para-hydroxylation sites is 3. The molecule has 5 heteroatoms. The molecule has 11 aromatic carbocycles. The van der Waals surface area contributed by atoms with Gasteiger partial charge in [0, 0.05) is 49.3 Å². The molecule has 77 heavy (non-hydrogen) atoms. The van der Waals surface area contributed by atoms with E-state index in [0.717, 1.165) is 56.1 Å². The molecule has 0 bridgehead atoms. The summed E-state index contributed by atoms with van der Waals surface area (Å²) in [4.78, 5) is 11.1. The van der Waals surface area contributed by atoms with Crippen LogP contribution >= 0.6 is 0 Å². The summed E-state index contributed by atoms with van der Waals surface area (Å²) < 4.78 is 4.89. The van der Waals surface area contributed by atoms with Crippen LogP contribution in [0.5, 0.6) is 0 Å². The van der Waals surface area contributed by atoms with Gasteiger partial charge < -0.3 is 14.5 Å². The average Bonchev–Trinajstić information content (AvgIpc) is 4.33. The van der Waals surface area contributed by atoms with Crippen molar-refractivity contribution in [3.8, 4) is 55.9 Å². The number of hydrogen-bond donors (Lipinski definition) is 1. The molecule has 0 amide bonds. The van der Waals surface area contributed by atoms with Gasteiger partial charge in [0.25, 0.3) is 0 Å². The maximum absolute atomic E-state index is 5.62. The van der Waals surface area contributed by atoms with Gasteiger partial charge >= 0.3 is 0 Å². The summed E-state index contributed by atoms with van der Waals surface area (Å²) in [7, 11) is 0. The van der Waals surface area contributed by atoms with Gasteiger partial charge in [-0.2, -0.15) is 0 Å². The zero-order chi connectivity index (χ0) is 51.2. The lowest BCUT2D eigenvalue weighted by molar-refractivity contribution is 0.659. The van der Waals surface area contributed by atoms with E-state index >= 15 is 0 Å². The number of aromatic nitrogens is 2. The third-order valence-corrected chi connectivity index (χ3v) is 16.2. The summed E-state index contributed by atoms with van der Waals surface area (Å²) in [6.45, 7) is 4.67. The number of aliphatic imine (C=N–C) groups is 2. The van der Waals surface area contributed by atoms with E-state index in [-0.39, 0.29) is 5.41 Å². The highest BCUT2D eigenvalue weighted by molar-refractivity contribution is 6.23. The van der Waals surface area contributed by atoms with Gasteiger partial charge in [0.15, 0.2) is 5.84 Å². The van der Waals surface area contributed by atoms with Crippen molar-refractivity contribution < 1.29 is 0 Å². The molecule has 0 saturated heterocycles. The molecule has 5 nitrogen and oxygen atoms in total. The van der Waals surface area contributed by atoms with Gasteiger partial charge in [0.1, 0.15) is 12.0 Å². The summed E-state index contributed by atoms with van der Waals surface area (Å²) >= 11 is 0. The number of rotatable bonds is 8. The van der Waals surface area contributed by atoms with Crippen molar-refractivity contribution in [2.75, 3.05) is 0 Å². The smallest absolute Gasteiger partial charge is 0.159 e. The van der Waals surface area contributed by atoms with Gasteiger partial charge in [-0.3, -0.25) is 0 Å². The van der Waals surface area contributed by atoms with Gasteiger partial charge in [-0.25, -0.2) is 9.98 Å². The van der Waals surface area contributed by atoms with E-state index < -0.39 is 6.17 Å². The highest BCUT2D eigenvalue weighted by Gasteiger charge is 2.38. The zero-order valence-electron chi connectivity index (χ0n) is 42.7. The predicted molar refractivity (Wildman–Crippen MR) is 321 cm³/mol. The van der Waals surface area contributed by atoms with Crippen LogP contribution in [0.15, 0.2) is 271 Å². The summed E-state index contributed by atoms with van der Waals surface area (Å²) in [5.41, 5.74) is 21.7. The zero-order valence-corrected chi connectivity index (χ0v) is 42.7. The van der Waals surface area contributed by atoms with E-state index in [1.54, 1.807) is 0 Å². The molecule has 2 aromatic heterocycles. The van der Waals surface area contributed by atoms with E-state index in [4.69, 9.17) is 9.98 Å². The molecule has 1 atom stereocenters. The first kappa shape index (κ1) is 44.6. The third-order valence-electron chi connectivity index (χ3n) is 16.2. The minimum atomic E-state index is -0.506. The lowest BCUT2D eigenvalue weighted by Crippen LogP contribution is -2.34. The maximum atomic E-state index is 5.62. The largest absolute Gasteiger partial charge is 0.344 e. The predicted octanol–water partition coefficient (Wildman–Crippen LogP) is 17.7. The lowest BCUT2D eigenvalue weighted by Gasteiger charge is -2.27. The van der Waals surface area contributed by atoms with Crippen molar-refractivity contribution in [3.63, 3.8) is 0 Å². The number of nitrogens with zero attached hydrogens (tertiary/aromatic N) is 4. The van der Waals surface area contributed by atoms with Crippen LogP contribution in [0.3, 0.4) is 0 Å². The number of fused-ring (bicyclic) bond motifs is 9. The van der Waals surface area contributed by atoms with Crippen molar-refractivity contribution >= 4 is 55.3 Å². The molecule has 13 aromatic rings. The highest BCUT2D eigenvalue weighted by Crippen LogP contribution is 2.51. The molecule has 1 aliphatic heterocycles. The molecule has 1 unspecified atom stereocenters. The average molecular weight is 986 g/mol. The Morgan fingerprint density at radius 1 is 0.390 bits per heavy atom. The van der Waals surface area contributed by atoms with Gasteiger partial charge in [0.05, 0.1) is 27.8 Å². The summed E-state index contributed by atoms with van der Waals surface area (Å²) in [5, 5.41) is 8.81. The molecule has 1 N–H and O–H groups in total. The second kappa shape index (κ2) is 17.6. The molecule has 0 spiro atoms. The molecule has 3 heterocycles. The Hall–Kier alpha value is -9.84. The van der Waals surface area contributed by atoms with Crippen LogP contribution in [0.25, 0.3) is 99.5 Å². The number of hydrogen-bond acceptors (Lipinski definition) is 3. The van der Waals surface area contributed by atoms with Gasteiger partial charge in [0.2, 0.25) is 0 Å². The molecule has 1 aliphatic carbocycles. The van der Waals surface area contributed by atoms with Crippen molar-refractivity contribution in [2.45, 2.75) is 25.4 Å². The molecule has 0 saturated carbocycles. The molecule has 0 fully saturated rings. The second-order valence-electron chi connectivity index (χ2n) is 20.9. The first-order valence-electron chi connectivity index (χ1n) is 26.6. The molecular weight excluding hydrogens is 935 g/mol. The summed E-state index contributed by atoms with van der Waals surface area (Å²) in [6, 6.07) is 94.5. The van der Waals surface area contributed by atoms with Crippen LogP contribution in [-0.4, -0.2) is 20.8 Å². The highest BCUT2D eigenvalue weighted by atomic mass is 15.2. The summed E-state index contributed by atoms with van der Waals surface area (Å²) in [5.74, 6) is 1.48. The van der Waals surface area contributed by atoms with Crippen LogP contribution < -0.4 is 5.32 Å². The van der Waals surface area contributed by atoms with Crippen molar-refractivity contribution in [3.05, 3.63) is 289 Å². The number of benzene rings is 11. The fourth-order valence-corrected chi connectivity index (χ4v) is 12.7. The normalized spacial score (nSPS) is 14.6. The fraction of sp³-hybridized carbons (Fsp3) is 0.0556. The Kier molecular flexibility index (Phi) is 10.2. The Bertz CT molecular complexity index is 4540. The molecule has 15 rings (SSSR count). The quantitative estimate of drug-likeness (QED) is 0.162. The Balaban J connectivity index is 0.957. The molecule has 0 radical (unpaired) electrons. The van der Waals surface area contributed by atoms with Crippen LogP contribution in [0, 0.1) is 0 Å². The van der Waals surface area contributed by atoms with Crippen molar-refractivity contribution in [2.24, 2.45) is 9.98 Å². The number of amidine groups is 2. The van der Waals surface area contributed by atoms with Crippen LogP contribution in [-0.2, 0) is 5.41 Å². The molecule has 364 valence electrons. The SMILES string of the molecule is CC1(C)c2ccccc2-c2c(C3=NC(c4ccc(-c5ccccc5)cc4)=NC(c4ccccc4-n4c5cc(-c6ccccc6)ccc5c5c(-c6cccc7c6c6ccccc6n7-c6ccccc6)cccc54)N3)cccc21. The fourth-order valence-electron chi connectivity index (χ4n) is 12.7. The Morgan fingerprint density at radius 3 is 1.66 bits per heavy atom. The third kappa shape index (κ3) is 7.08. The minimum Gasteiger partial charge on any atom is -0.344 e. The van der Waals surface area contributed by atoms with Crippen molar-refractivity contribution in [1.29, 1.82) is 0 Å². The topological polar surface area (TPSA) is 46.6 Å². The van der Waals surface area contributed by atoms with E-state index in [2.05, 4.69) is 289 Å². The van der Waals surface area contributed by atoms with E-state index in [1.165, 1.54) is 77.1 Å². The standard InChI is InChI=1S/C72H51N5/c1-72(2)59-33-15-12-27-54(59)66-58(32-18-34-60(66)72)71-74-69(49-41-39-48(40-42-49)46-21-6-3-7-22-46)73-70(75-71)57-29-14-17-36-62(57)77-64-38-20-31-53(68(64)56-44-43-50(45-65(56)77)47-23-8-4-9-24-47)52-30-19-37-63-67(52)55-28-13-16-35-61(55)76(63)51-25-10-5-11-26-51/h3-45,70H,1-2H3,(H,73,74,75). The van der Waals surface area contributed by atoms with Crippen LogP contribution in [0.4, 0.5) is 0 Å². The maximum Gasteiger partial charge on any atom is 0.159 e. The van der Waals surface area contributed by atoms with Gasteiger partial charge in [-0.1, -0.05) is 232 Å². The first-order chi connectivity index (χ1) is 38.0. The monoisotopic (exact) mass is 985 g/mol. The number of nitrogens with one attached hydrogen (secondary N) is 1. The van der Waals surface area contributed by atoms with Crippen LogP contribution in [0.1, 0.15) is 47.8 Å². The van der Waals surface area contributed by atoms with Crippen LogP contribution in [0.2, 0.25) is 0 Å². The van der Waals surface area contributed by atoms with E-state index in [1.807, 2.05) is 0 Å². The van der Waals surface area contributed by atoms with E-state index in [9.17, 15) is 0 Å². The van der Waals surface area contributed by atoms with Crippen molar-refractivity contribution in [1.82, 2.24) is 14.5 Å². The first-order valence-corrected chi connectivity index (χ1v) is 26.6. The van der Waals surface area contributed by atoms with E-state index in [0.29, 0.717) is 5.84 Å². The molecule has 2 aliphatic rings. The lowest BCUT2D eigenvalue weighted by atomic mass is 9.82. The van der Waals surface area contributed by atoms with Gasteiger partial charge in [-0.15, -0.1) is 0 Å². The molecular formula is C72H51N5.